The molecule has 0 aromatic heterocycles. The van der Waals surface area contributed by atoms with E-state index in [9.17, 15) is 19.5 Å². The molecule has 4 rings (SSSR count). The molecule has 1 N–H and O–H groups in total. The van der Waals surface area contributed by atoms with Crippen molar-refractivity contribution in [3.63, 3.8) is 0 Å². The number of ketones is 1. The number of aliphatic hydroxyl groups is 1. The lowest BCUT2D eigenvalue weighted by atomic mass is 9.44. The Morgan fingerprint density at radius 2 is 1.97 bits per heavy atom. The summed E-state index contributed by atoms with van der Waals surface area (Å²) < 4.78 is 49.4. The molecule has 0 amide bonds. The van der Waals surface area contributed by atoms with Crippen LogP contribution in [0, 0.1) is 39.9 Å². The highest BCUT2D eigenvalue weighted by Gasteiger charge is 2.79. The first-order chi connectivity index (χ1) is 18.1. The standard InChI is InChI=1S/C29H35F2NO7/c1-15(2)17(4)38-25(36)39-29(24(35)37-10-9-32)16(3)11-19-20-13-22(30)21-12-18(33)7-8-26(21,5)28(20,31)23(34)14-27(19,29)6/h7-8,12,16-17,19-20,22-23,34H,1,10-11,13-14H2,2-6H3/t16-,17?,19+,20+,22+,23+,26+,27+,28+,29+/m1/s1. The molecule has 0 aromatic rings. The van der Waals surface area contributed by atoms with Gasteiger partial charge in [0.1, 0.15) is 18.3 Å². The van der Waals surface area contributed by atoms with Gasteiger partial charge in [-0.1, -0.05) is 26.5 Å². The van der Waals surface area contributed by atoms with Crippen LogP contribution in [-0.4, -0.2) is 59.3 Å². The quantitative estimate of drug-likeness (QED) is 0.395. The van der Waals surface area contributed by atoms with Gasteiger partial charge in [-0.05, 0) is 69.2 Å². The first kappa shape index (κ1) is 28.9. The Hall–Kier alpha value is -3.06. The number of nitrogens with zero attached hydrogens (tertiary/aromatic N) is 1. The van der Waals surface area contributed by atoms with Crippen molar-refractivity contribution in [1.29, 1.82) is 5.26 Å². The number of hydrogen-bond donors (Lipinski definition) is 1. The molecule has 1 unspecified atom stereocenters. The Kier molecular flexibility index (Phi) is 7.08. The Balaban J connectivity index is 1.82. The minimum atomic E-state index is -2.37. The van der Waals surface area contributed by atoms with E-state index in [1.54, 1.807) is 33.8 Å². The monoisotopic (exact) mass is 547 g/mol. The number of nitriles is 1. The van der Waals surface area contributed by atoms with Gasteiger partial charge in [0.15, 0.2) is 18.1 Å². The Morgan fingerprint density at radius 3 is 2.59 bits per heavy atom. The van der Waals surface area contributed by atoms with Crippen LogP contribution >= 0.6 is 0 Å². The maximum absolute atomic E-state index is 17.4. The number of rotatable bonds is 5. The zero-order chi connectivity index (χ0) is 29.1. The number of alkyl halides is 2. The lowest BCUT2D eigenvalue weighted by Gasteiger charge is -2.62. The van der Waals surface area contributed by atoms with E-state index in [4.69, 9.17) is 19.5 Å². The minimum absolute atomic E-state index is 0.0178. The molecule has 0 radical (unpaired) electrons. The average Bonchev–Trinajstić information content (AvgIpc) is 3.07. The molecule has 0 saturated heterocycles. The van der Waals surface area contributed by atoms with Gasteiger partial charge in [-0.3, -0.25) is 4.79 Å². The van der Waals surface area contributed by atoms with E-state index in [2.05, 4.69) is 6.58 Å². The molecule has 39 heavy (non-hydrogen) atoms. The maximum atomic E-state index is 17.4. The molecular weight excluding hydrogens is 512 g/mol. The zero-order valence-electron chi connectivity index (χ0n) is 22.8. The van der Waals surface area contributed by atoms with Crippen LogP contribution in [0.4, 0.5) is 13.6 Å². The molecule has 8 nitrogen and oxygen atoms in total. The van der Waals surface area contributed by atoms with E-state index in [0.717, 1.165) is 6.08 Å². The van der Waals surface area contributed by atoms with Gasteiger partial charge < -0.3 is 19.3 Å². The highest BCUT2D eigenvalue weighted by molar-refractivity contribution is 6.01. The third-order valence-electron chi connectivity index (χ3n) is 9.95. The second-order valence-electron chi connectivity index (χ2n) is 11.9. The molecule has 10 heteroatoms. The lowest BCUT2D eigenvalue weighted by molar-refractivity contribution is -0.233. The highest BCUT2D eigenvalue weighted by Crippen LogP contribution is 2.71. The number of allylic oxidation sites excluding steroid dienone is 4. The third kappa shape index (κ3) is 3.87. The van der Waals surface area contributed by atoms with E-state index < -0.39 is 82.7 Å². The maximum Gasteiger partial charge on any atom is 0.510 e. The Morgan fingerprint density at radius 1 is 1.31 bits per heavy atom. The minimum Gasteiger partial charge on any atom is -0.447 e. The second-order valence-corrected chi connectivity index (χ2v) is 11.9. The summed E-state index contributed by atoms with van der Waals surface area (Å²) in [5.41, 5.74) is -6.92. The lowest BCUT2D eigenvalue weighted by Crippen LogP contribution is -2.71. The zero-order valence-corrected chi connectivity index (χ0v) is 22.8. The van der Waals surface area contributed by atoms with Gasteiger partial charge in [0.25, 0.3) is 0 Å². The fourth-order valence-electron chi connectivity index (χ4n) is 7.82. The van der Waals surface area contributed by atoms with Gasteiger partial charge in [0.05, 0.1) is 6.10 Å². The van der Waals surface area contributed by atoms with Crippen LogP contribution in [0.15, 0.2) is 36.0 Å². The van der Waals surface area contributed by atoms with Crippen molar-refractivity contribution < 1.29 is 42.5 Å². The van der Waals surface area contributed by atoms with Gasteiger partial charge in [-0.25, -0.2) is 18.4 Å². The van der Waals surface area contributed by atoms with E-state index in [1.165, 1.54) is 19.1 Å². The number of halogens is 2. The summed E-state index contributed by atoms with van der Waals surface area (Å²) in [6.07, 6.45) is -2.20. The molecule has 4 aliphatic rings. The number of esters is 1. The Bertz CT molecular complexity index is 1210. The molecule has 212 valence electrons. The predicted molar refractivity (Wildman–Crippen MR) is 134 cm³/mol. The molecule has 0 aromatic carbocycles. The third-order valence-corrected chi connectivity index (χ3v) is 9.95. The first-order valence-corrected chi connectivity index (χ1v) is 13.2. The van der Waals surface area contributed by atoms with Gasteiger partial charge in [0.2, 0.25) is 5.60 Å². The van der Waals surface area contributed by atoms with Crippen LogP contribution < -0.4 is 0 Å². The Labute approximate surface area is 226 Å². The second kappa shape index (κ2) is 9.54. The number of hydrogen-bond acceptors (Lipinski definition) is 8. The molecule has 0 heterocycles. The number of carbonyl (C=O) groups is 3. The van der Waals surface area contributed by atoms with Crippen molar-refractivity contribution in [3.05, 3.63) is 36.0 Å². The fourth-order valence-corrected chi connectivity index (χ4v) is 7.82. The van der Waals surface area contributed by atoms with Gasteiger partial charge in [0, 0.05) is 22.7 Å². The number of fused-ring (bicyclic) bond motifs is 5. The molecule has 0 bridgehead atoms. The van der Waals surface area contributed by atoms with Crippen molar-refractivity contribution in [2.24, 2.45) is 28.6 Å². The normalized spacial score (nSPS) is 43.1. The van der Waals surface area contributed by atoms with Crippen molar-refractivity contribution in [1.82, 2.24) is 0 Å². The molecular formula is C29H35F2NO7. The molecule has 3 fully saturated rings. The summed E-state index contributed by atoms with van der Waals surface area (Å²) in [6.45, 7) is 11.1. The van der Waals surface area contributed by atoms with Gasteiger partial charge in [-0.2, -0.15) is 5.26 Å². The van der Waals surface area contributed by atoms with E-state index in [-0.39, 0.29) is 24.8 Å². The smallest absolute Gasteiger partial charge is 0.447 e. The molecule has 10 atom stereocenters. The van der Waals surface area contributed by atoms with Gasteiger partial charge in [-0.15, -0.1) is 0 Å². The summed E-state index contributed by atoms with van der Waals surface area (Å²) in [5.74, 6) is -4.05. The van der Waals surface area contributed by atoms with Crippen molar-refractivity contribution in [2.45, 2.75) is 83.5 Å². The molecule has 0 spiro atoms. The number of aliphatic hydroxyl groups excluding tert-OH is 1. The SMILES string of the molecule is C=C(C)C(C)OC(=O)O[C@]1(C(=O)OCC#N)[C@H](C)C[C@H]2[C@@H]3C[C@H](F)C4=CC(=O)C=C[C@]4(C)[C@@]3(F)[C@@H](O)C[C@@]21C. The number of carbonyl (C=O) groups excluding carboxylic acids is 3. The number of ether oxygens (including phenoxy) is 3. The summed E-state index contributed by atoms with van der Waals surface area (Å²) in [4.78, 5) is 38.7. The molecule has 4 aliphatic carbocycles. The van der Waals surface area contributed by atoms with Crippen LogP contribution in [0.25, 0.3) is 0 Å². The van der Waals surface area contributed by atoms with E-state index in [1.807, 2.05) is 0 Å². The van der Waals surface area contributed by atoms with E-state index in [0.29, 0.717) is 5.57 Å². The van der Waals surface area contributed by atoms with Crippen molar-refractivity contribution in [3.8, 4) is 6.07 Å². The van der Waals surface area contributed by atoms with Crippen molar-refractivity contribution >= 4 is 17.9 Å². The van der Waals surface area contributed by atoms with Crippen LogP contribution in [0.2, 0.25) is 0 Å². The fraction of sp³-hybridized carbons (Fsp3) is 0.655. The largest absolute Gasteiger partial charge is 0.510 e. The summed E-state index contributed by atoms with van der Waals surface area (Å²) in [7, 11) is 0. The van der Waals surface area contributed by atoms with Crippen molar-refractivity contribution in [2.75, 3.05) is 6.61 Å². The molecule has 3 saturated carbocycles. The predicted octanol–water partition coefficient (Wildman–Crippen LogP) is 4.47. The van der Waals surface area contributed by atoms with Crippen LogP contribution in [-0.2, 0) is 23.8 Å². The summed E-state index contributed by atoms with van der Waals surface area (Å²) in [6, 6.07) is 1.72. The van der Waals surface area contributed by atoms with Gasteiger partial charge >= 0.3 is 12.1 Å². The molecule has 0 aliphatic heterocycles. The summed E-state index contributed by atoms with van der Waals surface area (Å²) >= 11 is 0. The van der Waals surface area contributed by atoms with Crippen LogP contribution in [0.5, 0.6) is 0 Å². The topological polar surface area (TPSA) is 123 Å². The summed E-state index contributed by atoms with van der Waals surface area (Å²) in [5, 5.41) is 20.6. The van der Waals surface area contributed by atoms with Crippen LogP contribution in [0.3, 0.4) is 0 Å². The average molecular weight is 548 g/mol. The first-order valence-electron chi connectivity index (χ1n) is 13.2. The highest BCUT2D eigenvalue weighted by atomic mass is 19.1. The van der Waals surface area contributed by atoms with Crippen LogP contribution in [0.1, 0.15) is 53.9 Å². The van der Waals surface area contributed by atoms with E-state index >= 15 is 8.78 Å².